The lowest BCUT2D eigenvalue weighted by molar-refractivity contribution is -0.149. The van der Waals surface area contributed by atoms with E-state index in [-0.39, 0.29) is 30.2 Å². The molecule has 3 heterocycles. The van der Waals surface area contributed by atoms with Gasteiger partial charge in [-0.05, 0) is 24.3 Å². The Labute approximate surface area is 201 Å². The first-order valence-corrected chi connectivity index (χ1v) is 11.9. The van der Waals surface area contributed by atoms with Gasteiger partial charge in [-0.2, -0.15) is 0 Å². The molecule has 34 heavy (non-hydrogen) atoms. The molecule has 1 aromatic heterocycles. The summed E-state index contributed by atoms with van der Waals surface area (Å²) >= 11 is 5.99. The first kappa shape index (κ1) is 23.9. The van der Waals surface area contributed by atoms with Gasteiger partial charge >= 0.3 is 11.9 Å². The van der Waals surface area contributed by atoms with Crippen LogP contribution in [0.15, 0.2) is 41.7 Å². The monoisotopic (exact) mass is 508 g/mol. The van der Waals surface area contributed by atoms with Crippen LogP contribution in [0.4, 0.5) is 5.69 Å². The number of pyridine rings is 1. The van der Waals surface area contributed by atoms with Gasteiger partial charge in [-0.25, -0.2) is 4.79 Å². The standard InChI is InChI=1S/C21H21ClN4O7S/c1-10(27)33-8-11-9-34(32)20-17(19(29)26(20)18(11)21(30)31)25-16(28)7-24-14-4-5-23-15-6-12(22)2-3-13(14)15/h2-6,17,19-20,29H,7-9H2,1H3,(H,23,24)(H,25,28)(H,30,31)/t17-,19?,20?,34?/m1/s1. The molecule has 1 saturated heterocycles. The zero-order valence-corrected chi connectivity index (χ0v) is 19.4. The van der Waals surface area contributed by atoms with Crippen LogP contribution in [0.3, 0.4) is 0 Å². The highest BCUT2D eigenvalue weighted by atomic mass is 35.5. The number of esters is 1. The molecule has 4 rings (SSSR count). The summed E-state index contributed by atoms with van der Waals surface area (Å²) in [5, 5.41) is 26.2. The first-order valence-electron chi connectivity index (χ1n) is 10.2. The van der Waals surface area contributed by atoms with E-state index in [2.05, 4.69) is 15.6 Å². The van der Waals surface area contributed by atoms with Gasteiger partial charge in [0.25, 0.3) is 0 Å². The maximum absolute atomic E-state index is 12.8. The molecule has 0 saturated carbocycles. The molecule has 2 aromatic rings. The number of halogens is 1. The van der Waals surface area contributed by atoms with Crippen molar-refractivity contribution < 1.29 is 33.5 Å². The lowest BCUT2D eigenvalue weighted by Crippen LogP contribution is -2.76. The SMILES string of the molecule is CC(=O)OCC1=C(C(=O)O)N2C(O)[C@@H](NC(=O)CNc3ccnc4cc(Cl)ccc34)C2S(=O)C1. The van der Waals surface area contributed by atoms with Crippen molar-refractivity contribution in [3.05, 3.63) is 46.8 Å². The summed E-state index contributed by atoms with van der Waals surface area (Å²) in [7, 11) is -1.64. The second kappa shape index (κ2) is 9.57. The molecule has 0 spiro atoms. The van der Waals surface area contributed by atoms with E-state index >= 15 is 0 Å². The molecule has 1 fully saturated rings. The number of carboxylic acids is 1. The van der Waals surface area contributed by atoms with Crippen molar-refractivity contribution in [2.45, 2.75) is 24.6 Å². The topological polar surface area (TPSA) is 158 Å². The second-order valence-electron chi connectivity index (χ2n) is 7.74. The second-order valence-corrected chi connectivity index (χ2v) is 9.71. The molecule has 0 aliphatic carbocycles. The van der Waals surface area contributed by atoms with Gasteiger partial charge < -0.3 is 30.5 Å². The molecule has 4 N–H and O–H groups in total. The number of anilines is 1. The molecule has 0 bridgehead atoms. The minimum absolute atomic E-state index is 0.132. The number of hydrogen-bond donors (Lipinski definition) is 4. The predicted octanol–water partition coefficient (Wildman–Crippen LogP) is 0.409. The van der Waals surface area contributed by atoms with E-state index in [1.165, 1.54) is 6.92 Å². The number of amides is 1. The lowest BCUT2D eigenvalue weighted by Gasteiger charge is -2.55. The Morgan fingerprint density at radius 1 is 1.32 bits per heavy atom. The number of aliphatic hydroxyl groups excluding tert-OH is 1. The van der Waals surface area contributed by atoms with Gasteiger partial charge in [0.1, 0.15) is 23.7 Å². The van der Waals surface area contributed by atoms with E-state index in [4.69, 9.17) is 16.3 Å². The van der Waals surface area contributed by atoms with Crippen LogP contribution in [0.25, 0.3) is 10.9 Å². The predicted molar refractivity (Wildman–Crippen MR) is 123 cm³/mol. The quantitative estimate of drug-likeness (QED) is 0.386. The van der Waals surface area contributed by atoms with Crippen molar-refractivity contribution in [1.29, 1.82) is 0 Å². The Kier molecular flexibility index (Phi) is 6.73. The van der Waals surface area contributed by atoms with E-state index in [1.54, 1.807) is 30.5 Å². The summed E-state index contributed by atoms with van der Waals surface area (Å²) < 4.78 is 17.6. The number of carboxylic acid groups (broad SMARTS) is 1. The number of ether oxygens (including phenoxy) is 1. The van der Waals surface area contributed by atoms with Crippen LogP contribution >= 0.6 is 11.6 Å². The van der Waals surface area contributed by atoms with Crippen LogP contribution in [0.1, 0.15) is 6.92 Å². The highest BCUT2D eigenvalue weighted by Gasteiger charge is 2.56. The van der Waals surface area contributed by atoms with E-state index in [0.29, 0.717) is 16.2 Å². The molecule has 3 unspecified atom stereocenters. The van der Waals surface area contributed by atoms with Crippen molar-refractivity contribution in [2.24, 2.45) is 0 Å². The van der Waals surface area contributed by atoms with Crippen molar-refractivity contribution >= 4 is 56.8 Å². The summed E-state index contributed by atoms with van der Waals surface area (Å²) in [6.45, 7) is 0.680. The molecular formula is C21H21ClN4O7S. The van der Waals surface area contributed by atoms with E-state index in [9.17, 15) is 28.8 Å². The molecule has 2 aliphatic rings. The van der Waals surface area contributed by atoms with Gasteiger partial charge in [0.15, 0.2) is 6.23 Å². The molecule has 2 aliphatic heterocycles. The van der Waals surface area contributed by atoms with Crippen LogP contribution in [-0.4, -0.2) is 78.7 Å². The minimum atomic E-state index is -1.64. The zero-order chi connectivity index (χ0) is 24.6. The number of aromatic nitrogens is 1. The van der Waals surface area contributed by atoms with Gasteiger partial charge in [-0.1, -0.05) is 11.6 Å². The molecular weight excluding hydrogens is 488 g/mol. The maximum atomic E-state index is 12.8. The summed E-state index contributed by atoms with van der Waals surface area (Å²) in [4.78, 5) is 40.8. The zero-order valence-electron chi connectivity index (χ0n) is 17.9. The van der Waals surface area contributed by atoms with Crippen LogP contribution in [0, 0.1) is 0 Å². The van der Waals surface area contributed by atoms with Crippen molar-refractivity contribution in [3.8, 4) is 0 Å². The number of carbonyl (C=O) groups excluding carboxylic acids is 2. The minimum Gasteiger partial charge on any atom is -0.477 e. The highest BCUT2D eigenvalue weighted by molar-refractivity contribution is 7.86. The highest BCUT2D eigenvalue weighted by Crippen LogP contribution is 2.37. The average molecular weight is 509 g/mol. The Balaban J connectivity index is 1.44. The van der Waals surface area contributed by atoms with Crippen molar-refractivity contribution in [3.63, 3.8) is 0 Å². The third-order valence-corrected chi connectivity index (χ3v) is 7.42. The van der Waals surface area contributed by atoms with Gasteiger partial charge in [-0.15, -0.1) is 0 Å². The van der Waals surface area contributed by atoms with Gasteiger partial charge in [0.05, 0.1) is 28.6 Å². The number of fused-ring (bicyclic) bond motifs is 2. The fourth-order valence-electron chi connectivity index (χ4n) is 3.99. The number of benzene rings is 1. The van der Waals surface area contributed by atoms with Crippen LogP contribution in [-0.2, 0) is 29.9 Å². The summed E-state index contributed by atoms with van der Waals surface area (Å²) in [5.41, 5.74) is 1.16. The third-order valence-electron chi connectivity index (χ3n) is 5.49. The number of hydrogen-bond acceptors (Lipinski definition) is 9. The maximum Gasteiger partial charge on any atom is 0.352 e. The van der Waals surface area contributed by atoms with Crippen LogP contribution < -0.4 is 10.6 Å². The molecule has 0 radical (unpaired) electrons. The van der Waals surface area contributed by atoms with Crippen LogP contribution in [0.2, 0.25) is 5.02 Å². The molecule has 1 amide bonds. The number of rotatable bonds is 7. The smallest absolute Gasteiger partial charge is 0.352 e. The lowest BCUT2D eigenvalue weighted by atomic mass is 10.0. The third kappa shape index (κ3) is 4.56. The Bertz CT molecular complexity index is 1240. The molecule has 180 valence electrons. The molecule has 4 atom stereocenters. The number of carbonyl (C=O) groups is 3. The fraction of sp³-hybridized carbons (Fsp3) is 0.333. The summed E-state index contributed by atoms with van der Waals surface area (Å²) in [6, 6.07) is 5.94. The van der Waals surface area contributed by atoms with Crippen LogP contribution in [0.5, 0.6) is 0 Å². The van der Waals surface area contributed by atoms with Crippen molar-refractivity contribution in [2.75, 3.05) is 24.2 Å². The Hall–Kier alpha value is -3.22. The fourth-order valence-corrected chi connectivity index (χ4v) is 5.91. The summed E-state index contributed by atoms with van der Waals surface area (Å²) in [6.07, 6.45) is 0.172. The number of nitrogens with one attached hydrogen (secondary N) is 2. The normalized spacial score (nSPS) is 23.7. The molecule has 13 heteroatoms. The summed E-state index contributed by atoms with van der Waals surface area (Å²) in [5.74, 6) is -2.60. The number of aliphatic hydroxyl groups is 1. The van der Waals surface area contributed by atoms with E-state index < -0.39 is 46.3 Å². The molecule has 1 aromatic carbocycles. The van der Waals surface area contributed by atoms with Crippen molar-refractivity contribution in [1.82, 2.24) is 15.2 Å². The largest absolute Gasteiger partial charge is 0.477 e. The molecule has 11 nitrogen and oxygen atoms in total. The van der Waals surface area contributed by atoms with E-state index in [0.717, 1.165) is 10.3 Å². The van der Waals surface area contributed by atoms with Gasteiger partial charge in [-0.3, -0.25) is 18.8 Å². The Morgan fingerprint density at radius 2 is 2.09 bits per heavy atom. The van der Waals surface area contributed by atoms with E-state index in [1.807, 2.05) is 0 Å². The number of aliphatic carboxylic acids is 1. The van der Waals surface area contributed by atoms with Gasteiger partial charge in [0, 0.05) is 34.8 Å². The van der Waals surface area contributed by atoms with Gasteiger partial charge in [0.2, 0.25) is 5.91 Å². The first-order chi connectivity index (χ1) is 16.2. The number of nitrogens with zero attached hydrogens (tertiary/aromatic N) is 2. The average Bonchev–Trinajstić information content (AvgIpc) is 2.78. The Morgan fingerprint density at radius 3 is 2.79 bits per heavy atom.